The van der Waals surface area contributed by atoms with Crippen LogP contribution in [-0.2, 0) is 0 Å². The molecular weight excluding hydrogens is 114 g/mol. The summed E-state index contributed by atoms with van der Waals surface area (Å²) < 4.78 is 0. The quantitative estimate of drug-likeness (QED) is 0.298. The van der Waals surface area contributed by atoms with Crippen molar-refractivity contribution >= 4 is 6.09 Å². The first-order valence-electron chi connectivity index (χ1n) is 2.06. The van der Waals surface area contributed by atoms with Crippen molar-refractivity contribution in [1.29, 1.82) is 0 Å². The van der Waals surface area contributed by atoms with Crippen LogP contribution < -0.4 is 0 Å². The van der Waals surface area contributed by atoms with Gasteiger partial charge < -0.3 is 10.3 Å². The Hall–Kier alpha value is -0.650. The molecule has 0 rings (SSSR count). The first-order valence-corrected chi connectivity index (χ1v) is 2.06. The van der Waals surface area contributed by atoms with E-state index >= 15 is 0 Å². The molecule has 5 nitrogen and oxygen atoms in total. The maximum absolute atomic E-state index is 10.1. The Morgan fingerprint density at radius 1 is 1.88 bits per heavy atom. The van der Waals surface area contributed by atoms with Gasteiger partial charge in [-0.2, -0.15) is 4.79 Å². The van der Waals surface area contributed by atoms with Gasteiger partial charge in [0.05, 0.1) is 0 Å². The second-order valence-corrected chi connectivity index (χ2v) is 1.30. The molecular formula is C3H7NO4. The smallest absolute Gasteiger partial charge is 0.547 e. The summed E-state index contributed by atoms with van der Waals surface area (Å²) in [7, 11) is 0. The van der Waals surface area contributed by atoms with Crippen molar-refractivity contribution < 1.29 is 19.9 Å². The lowest BCUT2D eigenvalue weighted by Crippen LogP contribution is -2.42. The van der Waals surface area contributed by atoms with Crippen LogP contribution in [0.3, 0.4) is 0 Å². The zero-order valence-corrected chi connectivity index (χ0v) is 4.37. The fraction of sp³-hybridized carbons (Fsp3) is 0.667. The fourth-order valence-electron chi connectivity index (χ4n) is 0.135. The van der Waals surface area contributed by atoms with Gasteiger partial charge in [-0.1, -0.05) is 0 Å². The highest BCUT2D eigenvalue weighted by atomic mass is 16.9. The van der Waals surface area contributed by atoms with E-state index in [9.17, 15) is 10.0 Å². The van der Waals surface area contributed by atoms with Crippen molar-refractivity contribution in [2.45, 2.75) is 6.92 Å². The number of hydroxylamine groups is 4. The third-order valence-corrected chi connectivity index (χ3v) is 0.728. The highest BCUT2D eigenvalue weighted by Crippen LogP contribution is 1.95. The predicted molar refractivity (Wildman–Crippen MR) is 24.0 cm³/mol. The van der Waals surface area contributed by atoms with Gasteiger partial charge in [-0.15, -0.1) is 4.81 Å². The van der Waals surface area contributed by atoms with Crippen molar-refractivity contribution in [3.05, 3.63) is 5.21 Å². The summed E-state index contributed by atoms with van der Waals surface area (Å²) in [5.41, 5.74) is 0. The normalized spacial score (nSPS) is 17.4. The van der Waals surface area contributed by atoms with Gasteiger partial charge in [-0.05, 0) is 6.92 Å². The molecule has 1 unspecified atom stereocenters. The Kier molecular flexibility index (Phi) is 1.91. The van der Waals surface area contributed by atoms with E-state index in [1.54, 1.807) is 0 Å². The van der Waals surface area contributed by atoms with E-state index in [-0.39, 0.29) is 6.54 Å². The number of rotatable bonds is 1. The van der Waals surface area contributed by atoms with Crippen molar-refractivity contribution in [2.24, 2.45) is 0 Å². The minimum Gasteiger partial charge on any atom is -0.588 e. The molecule has 0 aliphatic heterocycles. The number of hydrogen-bond donors (Lipinski definition) is 2. The molecule has 0 saturated carbocycles. The fourth-order valence-corrected chi connectivity index (χ4v) is 0.135. The van der Waals surface area contributed by atoms with Crippen LogP contribution in [0.25, 0.3) is 0 Å². The maximum Gasteiger partial charge on any atom is 0.547 e. The number of hydrogen-bond acceptors (Lipinski definition) is 3. The third-order valence-electron chi connectivity index (χ3n) is 0.728. The minimum atomic E-state index is -2.21. The lowest BCUT2D eigenvalue weighted by Gasteiger charge is -2.24. The summed E-state index contributed by atoms with van der Waals surface area (Å²) in [5, 5.41) is 26.1. The molecule has 0 aliphatic carbocycles. The molecule has 0 heterocycles. The summed E-state index contributed by atoms with van der Waals surface area (Å²) >= 11 is 0. The molecule has 0 spiro atoms. The van der Waals surface area contributed by atoms with Crippen LogP contribution in [0.15, 0.2) is 0 Å². The minimum absolute atomic E-state index is 0.380. The van der Waals surface area contributed by atoms with Gasteiger partial charge in [0.25, 0.3) is 0 Å². The molecule has 0 fully saturated rings. The number of carbonyl (C=O) groups is 1. The molecule has 0 bridgehead atoms. The first kappa shape index (κ1) is 7.35. The van der Waals surface area contributed by atoms with Crippen molar-refractivity contribution in [2.75, 3.05) is 6.54 Å². The van der Waals surface area contributed by atoms with Gasteiger partial charge in [0, 0.05) is 0 Å². The lowest BCUT2D eigenvalue weighted by atomic mass is 10.7. The highest BCUT2D eigenvalue weighted by molar-refractivity contribution is 5.55. The van der Waals surface area contributed by atoms with Gasteiger partial charge in [0.2, 0.25) is 0 Å². The number of nitrogens with zero attached hydrogens (tertiary/aromatic N) is 1. The van der Waals surface area contributed by atoms with Crippen molar-refractivity contribution in [3.8, 4) is 0 Å². The average molecular weight is 121 g/mol. The van der Waals surface area contributed by atoms with Crippen LogP contribution in [0.4, 0.5) is 4.79 Å². The van der Waals surface area contributed by atoms with Gasteiger partial charge in [0.1, 0.15) is 6.54 Å². The zero-order valence-electron chi connectivity index (χ0n) is 4.37. The average Bonchev–Trinajstić information content (AvgIpc) is 1.67. The Labute approximate surface area is 45.9 Å². The van der Waals surface area contributed by atoms with Crippen molar-refractivity contribution in [1.82, 2.24) is 0 Å². The Balaban J connectivity index is 3.91. The van der Waals surface area contributed by atoms with Crippen molar-refractivity contribution in [3.63, 3.8) is 0 Å². The molecule has 48 valence electrons. The monoisotopic (exact) mass is 121 g/mol. The molecule has 1 amide bonds. The second-order valence-electron chi connectivity index (χ2n) is 1.30. The SMILES string of the molecule is CC[N+]([O-])(O)C(=O)O. The van der Waals surface area contributed by atoms with E-state index in [0.29, 0.717) is 0 Å². The molecule has 0 aliphatic rings. The van der Waals surface area contributed by atoms with Gasteiger partial charge in [-0.25, -0.2) is 5.21 Å². The van der Waals surface area contributed by atoms with Gasteiger partial charge in [0.15, 0.2) is 0 Å². The van der Waals surface area contributed by atoms with E-state index in [1.165, 1.54) is 6.92 Å². The van der Waals surface area contributed by atoms with E-state index < -0.39 is 10.9 Å². The van der Waals surface area contributed by atoms with Gasteiger partial charge >= 0.3 is 6.09 Å². The topological polar surface area (TPSA) is 80.6 Å². The molecule has 0 aromatic carbocycles. The molecule has 0 aromatic heterocycles. The zero-order chi connectivity index (χ0) is 6.78. The van der Waals surface area contributed by atoms with E-state index in [2.05, 4.69) is 0 Å². The van der Waals surface area contributed by atoms with E-state index in [0.717, 1.165) is 0 Å². The predicted octanol–water partition coefficient (Wildman–Crippen LogP) is 0.388. The van der Waals surface area contributed by atoms with Crippen LogP contribution in [0.2, 0.25) is 0 Å². The molecule has 0 aromatic rings. The standard InChI is InChI=1S/C3H7NO4/c1-2-4(7,8)3(5)6/h7H,2H2,1H3,(H,5,6). The molecule has 8 heavy (non-hydrogen) atoms. The Morgan fingerprint density at radius 3 is 2.25 bits per heavy atom. The van der Waals surface area contributed by atoms with E-state index in [4.69, 9.17) is 10.3 Å². The van der Waals surface area contributed by atoms with Crippen LogP contribution in [0.5, 0.6) is 0 Å². The van der Waals surface area contributed by atoms with Crippen LogP contribution in [-0.4, -0.2) is 27.8 Å². The van der Waals surface area contributed by atoms with Crippen LogP contribution in [0.1, 0.15) is 6.92 Å². The van der Waals surface area contributed by atoms with Crippen LogP contribution >= 0.6 is 0 Å². The summed E-state index contributed by atoms with van der Waals surface area (Å²) in [5.74, 6) is 0. The Bertz CT molecular complexity index is 99.5. The lowest BCUT2D eigenvalue weighted by molar-refractivity contribution is -1.00. The van der Waals surface area contributed by atoms with Crippen LogP contribution in [0, 0.1) is 5.21 Å². The molecule has 0 radical (unpaired) electrons. The second kappa shape index (κ2) is 2.08. The largest absolute Gasteiger partial charge is 0.588 e. The Morgan fingerprint density at radius 2 is 2.25 bits per heavy atom. The number of quaternary nitrogens is 1. The molecule has 0 saturated heterocycles. The molecule has 2 N–H and O–H groups in total. The highest BCUT2D eigenvalue weighted by Gasteiger charge is 2.21. The third kappa shape index (κ3) is 1.45. The first-order chi connectivity index (χ1) is 3.50. The maximum atomic E-state index is 10.1. The summed E-state index contributed by atoms with van der Waals surface area (Å²) in [6.07, 6.45) is -1.78. The molecule has 1 atom stereocenters. The number of carboxylic acid groups (broad SMARTS) is 1. The number of amides is 1. The molecule has 5 heteroatoms. The van der Waals surface area contributed by atoms with E-state index in [1.807, 2.05) is 0 Å². The summed E-state index contributed by atoms with van der Waals surface area (Å²) in [4.78, 5) is 7.45. The summed E-state index contributed by atoms with van der Waals surface area (Å²) in [6.45, 7) is 0.899. The van der Waals surface area contributed by atoms with Gasteiger partial charge in [-0.3, -0.25) is 0 Å². The summed E-state index contributed by atoms with van der Waals surface area (Å²) in [6, 6.07) is 0.